The molecule has 0 bridgehead atoms. The molecular weight excluding hydrogens is 386 g/mol. The molecule has 2 aromatic carbocycles. The summed E-state index contributed by atoms with van der Waals surface area (Å²) in [6.07, 6.45) is 1.60. The van der Waals surface area contributed by atoms with E-state index >= 15 is 0 Å². The number of allylic oxidation sites excluding steroid dienone is 2. The Morgan fingerprint density at radius 1 is 1.03 bits per heavy atom. The van der Waals surface area contributed by atoms with Crippen molar-refractivity contribution in [1.82, 2.24) is 0 Å². The van der Waals surface area contributed by atoms with E-state index in [2.05, 4.69) is 0 Å². The van der Waals surface area contributed by atoms with Gasteiger partial charge >= 0.3 is 29.6 Å². The van der Waals surface area contributed by atoms with Crippen LogP contribution in [0.2, 0.25) is 0 Å². The van der Waals surface area contributed by atoms with Gasteiger partial charge in [0.2, 0.25) is 5.75 Å². The van der Waals surface area contributed by atoms with Crippen LogP contribution in [0.3, 0.4) is 0 Å². The van der Waals surface area contributed by atoms with E-state index in [4.69, 9.17) is 14.2 Å². The average molecular weight is 406 g/mol. The number of hydrogen-bond donors (Lipinski definition) is 0. The number of hydrogen-bond acceptors (Lipinski definition) is 5. The molecule has 146 valence electrons. The first-order valence-electron chi connectivity index (χ1n) is 8.61. The predicted molar refractivity (Wildman–Crippen MR) is 103 cm³/mol. The third-order valence-electron chi connectivity index (χ3n) is 4.77. The number of benzene rings is 2. The van der Waals surface area contributed by atoms with Crippen LogP contribution in [0.1, 0.15) is 30.0 Å². The molecule has 0 saturated heterocycles. The van der Waals surface area contributed by atoms with Crippen molar-refractivity contribution >= 4 is 23.2 Å². The van der Waals surface area contributed by atoms with Crippen LogP contribution in [-0.2, 0) is 4.79 Å². The van der Waals surface area contributed by atoms with Gasteiger partial charge in [0.05, 0.1) is 21.3 Å². The van der Waals surface area contributed by atoms with Crippen molar-refractivity contribution in [3.63, 3.8) is 0 Å². The van der Waals surface area contributed by atoms with Crippen LogP contribution in [0.15, 0.2) is 35.9 Å². The molecule has 0 aliphatic heterocycles. The monoisotopic (exact) mass is 406 g/mol. The van der Waals surface area contributed by atoms with E-state index in [1.807, 2.05) is 13.0 Å². The molecule has 0 saturated carbocycles. The quantitative estimate of drug-likeness (QED) is 0.647. The first-order valence-corrected chi connectivity index (χ1v) is 8.61. The Bertz CT molecular complexity index is 985. The summed E-state index contributed by atoms with van der Waals surface area (Å²) in [5, 5.41) is 11.2. The zero-order valence-corrected chi connectivity index (χ0v) is 19.1. The Balaban J connectivity index is 0.00000300. The minimum atomic E-state index is -1.21. The number of methoxy groups -OCH3 is 3. The van der Waals surface area contributed by atoms with Crippen LogP contribution in [-0.4, -0.2) is 27.3 Å². The van der Waals surface area contributed by atoms with Gasteiger partial charge in [-0.15, -0.1) is 0 Å². The Labute approximate surface area is 191 Å². The number of carbonyl (C=O) groups is 1. The fourth-order valence-electron chi connectivity index (χ4n) is 3.48. The molecule has 29 heavy (non-hydrogen) atoms. The van der Waals surface area contributed by atoms with Gasteiger partial charge in [-0.05, 0) is 70.7 Å². The maximum absolute atomic E-state index is 13.8. The smallest absolute Gasteiger partial charge is 0.550 e. The summed E-state index contributed by atoms with van der Waals surface area (Å²) in [4.78, 5) is 11.2. The maximum Gasteiger partial charge on any atom is 1.00 e. The van der Waals surface area contributed by atoms with E-state index in [1.54, 1.807) is 18.2 Å². The first-order chi connectivity index (χ1) is 13.4. The van der Waals surface area contributed by atoms with Crippen molar-refractivity contribution in [3.05, 3.63) is 58.4 Å². The third kappa shape index (κ3) is 4.50. The molecule has 0 radical (unpaired) electrons. The van der Waals surface area contributed by atoms with E-state index in [0.29, 0.717) is 28.4 Å². The van der Waals surface area contributed by atoms with Crippen LogP contribution >= 0.6 is 0 Å². The predicted octanol–water partition coefficient (Wildman–Crippen LogP) is 0.323. The number of carboxylic acid groups (broad SMARTS) is 1. The molecule has 0 unspecified atom stereocenters. The zero-order valence-electron chi connectivity index (χ0n) is 17.1. The number of carbonyl (C=O) groups excluding carboxylic acids is 1. The van der Waals surface area contributed by atoms with E-state index in [9.17, 15) is 14.3 Å². The van der Waals surface area contributed by atoms with Gasteiger partial charge in [-0.1, -0.05) is 6.07 Å². The van der Waals surface area contributed by atoms with Crippen LogP contribution < -0.4 is 48.9 Å². The summed E-state index contributed by atoms with van der Waals surface area (Å²) < 4.78 is 29.9. The molecule has 1 aliphatic rings. The molecule has 0 amide bonds. The third-order valence-corrected chi connectivity index (χ3v) is 4.77. The van der Waals surface area contributed by atoms with Crippen LogP contribution in [0, 0.1) is 5.82 Å². The maximum atomic E-state index is 13.8. The number of aliphatic carboxylic acids is 1. The van der Waals surface area contributed by atoms with E-state index in [1.165, 1.54) is 33.5 Å². The fourth-order valence-corrected chi connectivity index (χ4v) is 3.48. The van der Waals surface area contributed by atoms with Gasteiger partial charge in [-0.3, -0.25) is 0 Å². The summed E-state index contributed by atoms with van der Waals surface area (Å²) in [6, 6.07) is 7.95. The van der Waals surface area contributed by atoms with Crippen molar-refractivity contribution < 1.29 is 58.1 Å². The summed E-state index contributed by atoms with van der Waals surface area (Å²) in [5.41, 5.74) is 4.23. The first kappa shape index (κ1) is 23.0. The summed E-state index contributed by atoms with van der Waals surface area (Å²) >= 11 is 0. The van der Waals surface area contributed by atoms with Crippen molar-refractivity contribution in [2.24, 2.45) is 0 Å². The van der Waals surface area contributed by atoms with Crippen LogP contribution in [0.4, 0.5) is 4.39 Å². The molecular formula is C22H20FNaO5. The largest absolute Gasteiger partial charge is 1.00 e. The van der Waals surface area contributed by atoms with Gasteiger partial charge in [-0.2, -0.15) is 0 Å². The van der Waals surface area contributed by atoms with Crippen LogP contribution in [0.5, 0.6) is 17.2 Å². The summed E-state index contributed by atoms with van der Waals surface area (Å²) in [7, 11) is 4.59. The van der Waals surface area contributed by atoms with Gasteiger partial charge in [-0.25, -0.2) is 4.39 Å². The van der Waals surface area contributed by atoms with Gasteiger partial charge in [0.15, 0.2) is 11.5 Å². The number of carboxylic acids is 1. The molecule has 0 spiro atoms. The van der Waals surface area contributed by atoms with E-state index in [-0.39, 0.29) is 36.0 Å². The second-order valence-corrected chi connectivity index (χ2v) is 6.36. The Hall–Kier alpha value is -2.28. The standard InChI is InChI=1S/C22H21FO5.Na/c1-12-16(7-13-8-19(26-2)22(28-4)20(9-13)27-3)15-6-5-14(23)10-18(15)17(12)11-21(24)25;/h5-10H,11H2,1-4H3,(H,24,25);/q;+1/p-1/b16-7+;. The second kappa shape index (κ2) is 9.48. The van der Waals surface area contributed by atoms with E-state index in [0.717, 1.165) is 22.3 Å². The van der Waals surface area contributed by atoms with Crippen LogP contribution in [0.25, 0.3) is 17.2 Å². The van der Waals surface area contributed by atoms with E-state index < -0.39 is 11.8 Å². The van der Waals surface area contributed by atoms with Gasteiger partial charge in [0.1, 0.15) is 5.82 Å². The molecule has 3 rings (SSSR count). The Morgan fingerprint density at radius 2 is 1.66 bits per heavy atom. The SMILES string of the molecule is COc1cc(/C=C2\C(C)=C(CC(=O)[O-])c3cc(F)ccc32)cc(OC)c1OC.[Na+]. The molecule has 7 heteroatoms. The minimum Gasteiger partial charge on any atom is -0.550 e. The number of rotatable bonds is 6. The Morgan fingerprint density at radius 3 is 2.17 bits per heavy atom. The number of fused-ring (bicyclic) bond motifs is 1. The molecule has 0 N–H and O–H groups in total. The molecule has 0 atom stereocenters. The zero-order chi connectivity index (χ0) is 20.4. The molecule has 0 fully saturated rings. The Kier molecular flexibility index (Phi) is 7.52. The molecule has 0 aromatic heterocycles. The average Bonchev–Trinajstić information content (AvgIpc) is 2.91. The topological polar surface area (TPSA) is 67.8 Å². The fraction of sp³-hybridized carbons (Fsp3) is 0.227. The van der Waals surface area contributed by atoms with Gasteiger partial charge < -0.3 is 24.1 Å². The normalized spacial score (nSPS) is 13.8. The minimum absolute atomic E-state index is 0. The molecule has 0 heterocycles. The van der Waals surface area contributed by atoms with Crippen molar-refractivity contribution in [2.45, 2.75) is 13.3 Å². The number of halogens is 1. The molecule has 1 aliphatic carbocycles. The van der Waals surface area contributed by atoms with Crippen molar-refractivity contribution in [2.75, 3.05) is 21.3 Å². The van der Waals surface area contributed by atoms with Gasteiger partial charge in [0.25, 0.3) is 0 Å². The summed E-state index contributed by atoms with van der Waals surface area (Å²) in [6.45, 7) is 1.82. The van der Waals surface area contributed by atoms with Gasteiger partial charge in [0, 0.05) is 12.4 Å². The molecule has 5 nitrogen and oxygen atoms in total. The summed E-state index contributed by atoms with van der Waals surface area (Å²) in [5.74, 6) is -0.147. The second-order valence-electron chi connectivity index (χ2n) is 6.36. The van der Waals surface area contributed by atoms with Crippen molar-refractivity contribution in [3.8, 4) is 17.2 Å². The molecule has 2 aromatic rings. The number of ether oxygens (including phenoxy) is 3. The van der Waals surface area contributed by atoms with Crippen molar-refractivity contribution in [1.29, 1.82) is 0 Å².